The van der Waals surface area contributed by atoms with Gasteiger partial charge in [0.1, 0.15) is 0 Å². The normalized spacial score (nSPS) is 10.1. The van der Waals surface area contributed by atoms with Crippen molar-refractivity contribution in [2.24, 2.45) is 0 Å². The summed E-state index contributed by atoms with van der Waals surface area (Å²) < 4.78 is 0. The lowest BCUT2D eigenvalue weighted by molar-refractivity contribution is -0.116. The number of nitrogens with zero attached hydrogens (tertiary/aromatic N) is 1. The number of nitrogens with one attached hydrogen (secondary N) is 1. The number of carbonyl (C=O) groups is 1. The summed E-state index contributed by atoms with van der Waals surface area (Å²) >= 11 is 11.4. The van der Waals surface area contributed by atoms with Crippen molar-refractivity contribution in [3.05, 3.63) is 23.0 Å². The molecule has 0 fully saturated rings. The van der Waals surface area contributed by atoms with E-state index >= 15 is 0 Å². The van der Waals surface area contributed by atoms with E-state index < -0.39 is 0 Å². The lowest BCUT2D eigenvalue weighted by Crippen LogP contribution is -2.12. The Morgan fingerprint density at radius 3 is 2.93 bits per heavy atom. The quantitative estimate of drug-likeness (QED) is 0.831. The molecule has 0 atom stereocenters. The number of carbonyl (C=O) groups excluding carboxylic acids is 1. The molecule has 1 heterocycles. The summed E-state index contributed by atoms with van der Waals surface area (Å²) in [6.07, 6.45) is 4.21. The number of anilines is 1. The fourth-order valence-corrected chi connectivity index (χ4v) is 1.36. The van der Waals surface area contributed by atoms with Crippen molar-refractivity contribution in [1.29, 1.82) is 0 Å². The molecule has 1 rings (SSSR count). The van der Waals surface area contributed by atoms with Crippen molar-refractivity contribution in [3.63, 3.8) is 0 Å². The average Bonchev–Trinajstić information content (AvgIpc) is 2.22. The van der Waals surface area contributed by atoms with Gasteiger partial charge in [-0.3, -0.25) is 9.78 Å². The molecule has 1 amide bonds. The van der Waals surface area contributed by atoms with Gasteiger partial charge in [0, 0.05) is 18.5 Å². The summed E-state index contributed by atoms with van der Waals surface area (Å²) in [4.78, 5) is 15.3. The number of rotatable bonds is 4. The molecule has 15 heavy (non-hydrogen) atoms. The van der Waals surface area contributed by atoms with Gasteiger partial charge in [0.15, 0.2) is 0 Å². The zero-order valence-electron chi connectivity index (χ0n) is 8.39. The second kappa shape index (κ2) is 5.93. The molecule has 0 saturated heterocycles. The molecule has 3 nitrogen and oxygen atoms in total. The van der Waals surface area contributed by atoms with Crippen LogP contribution >= 0.6 is 23.2 Å². The van der Waals surface area contributed by atoms with Crippen LogP contribution in [0.15, 0.2) is 12.4 Å². The van der Waals surface area contributed by atoms with Crippen LogP contribution in [0.5, 0.6) is 0 Å². The number of pyridine rings is 1. The van der Waals surface area contributed by atoms with Crippen LogP contribution in [0, 0.1) is 6.92 Å². The van der Waals surface area contributed by atoms with Crippen LogP contribution in [0.4, 0.5) is 5.69 Å². The Bertz CT molecular complexity index is 355. The lowest BCUT2D eigenvalue weighted by atomic mass is 10.2. The van der Waals surface area contributed by atoms with Crippen LogP contribution in [0.1, 0.15) is 18.4 Å². The molecule has 5 heteroatoms. The predicted octanol–water partition coefficient (Wildman–Crippen LogP) is 3.00. The first-order valence-electron chi connectivity index (χ1n) is 4.61. The van der Waals surface area contributed by atoms with Crippen LogP contribution < -0.4 is 5.32 Å². The molecule has 0 aliphatic rings. The highest BCUT2D eigenvalue weighted by Gasteiger charge is 2.06. The maximum Gasteiger partial charge on any atom is 0.224 e. The maximum absolute atomic E-state index is 11.4. The van der Waals surface area contributed by atoms with Crippen LogP contribution in [0.2, 0.25) is 5.02 Å². The van der Waals surface area contributed by atoms with Gasteiger partial charge in [-0.25, -0.2) is 0 Å². The Labute approximate surface area is 98.8 Å². The molecular weight excluding hydrogens is 235 g/mol. The minimum absolute atomic E-state index is 0.0668. The van der Waals surface area contributed by atoms with Crippen LogP contribution in [0.25, 0.3) is 0 Å². The van der Waals surface area contributed by atoms with E-state index in [0.29, 0.717) is 29.4 Å². The number of hydrogen-bond donors (Lipinski definition) is 1. The van der Waals surface area contributed by atoms with E-state index in [-0.39, 0.29) is 5.91 Å². The molecule has 82 valence electrons. The van der Waals surface area contributed by atoms with E-state index in [1.807, 2.05) is 6.92 Å². The van der Waals surface area contributed by atoms with Crippen LogP contribution in [-0.4, -0.2) is 16.8 Å². The van der Waals surface area contributed by atoms with Gasteiger partial charge < -0.3 is 5.32 Å². The second-order valence-corrected chi connectivity index (χ2v) is 3.92. The Balaban J connectivity index is 2.64. The highest BCUT2D eigenvalue weighted by atomic mass is 35.5. The number of halogens is 2. The summed E-state index contributed by atoms with van der Waals surface area (Å²) in [6.45, 7) is 1.83. The first-order valence-corrected chi connectivity index (χ1v) is 5.52. The molecule has 0 bridgehead atoms. The molecule has 0 radical (unpaired) electrons. The predicted molar refractivity (Wildman–Crippen MR) is 62.6 cm³/mol. The summed E-state index contributed by atoms with van der Waals surface area (Å²) in [5.41, 5.74) is 1.48. The van der Waals surface area contributed by atoms with Crippen molar-refractivity contribution in [2.75, 3.05) is 11.2 Å². The van der Waals surface area contributed by atoms with Crippen molar-refractivity contribution >= 4 is 34.8 Å². The van der Waals surface area contributed by atoms with Crippen molar-refractivity contribution in [3.8, 4) is 0 Å². The van der Waals surface area contributed by atoms with Gasteiger partial charge in [-0.2, -0.15) is 0 Å². The molecule has 1 aromatic heterocycles. The molecule has 0 spiro atoms. The van der Waals surface area contributed by atoms with Crippen LogP contribution in [-0.2, 0) is 4.79 Å². The summed E-state index contributed by atoms with van der Waals surface area (Å²) in [5, 5.41) is 3.29. The molecule has 0 unspecified atom stereocenters. The fraction of sp³-hybridized carbons (Fsp3) is 0.400. The Hall–Kier alpha value is -0.800. The SMILES string of the molecule is Cc1c(Cl)cncc1NC(=O)CCCCl. The smallest absolute Gasteiger partial charge is 0.224 e. The van der Waals surface area contributed by atoms with Crippen molar-refractivity contribution < 1.29 is 4.79 Å². The number of amides is 1. The largest absolute Gasteiger partial charge is 0.324 e. The highest BCUT2D eigenvalue weighted by molar-refractivity contribution is 6.31. The van der Waals surface area contributed by atoms with E-state index in [9.17, 15) is 4.79 Å². The topological polar surface area (TPSA) is 42.0 Å². The van der Waals surface area contributed by atoms with Gasteiger partial charge in [-0.1, -0.05) is 11.6 Å². The monoisotopic (exact) mass is 246 g/mol. The molecule has 0 aromatic carbocycles. The molecule has 1 aromatic rings. The van der Waals surface area contributed by atoms with Gasteiger partial charge in [-0.05, 0) is 18.9 Å². The third kappa shape index (κ3) is 3.68. The van der Waals surface area contributed by atoms with Gasteiger partial charge >= 0.3 is 0 Å². The first kappa shape index (κ1) is 12.3. The minimum Gasteiger partial charge on any atom is -0.324 e. The van der Waals surface area contributed by atoms with Gasteiger partial charge in [0.2, 0.25) is 5.91 Å². The van der Waals surface area contributed by atoms with Gasteiger partial charge in [-0.15, -0.1) is 11.6 Å². The minimum atomic E-state index is -0.0668. The Morgan fingerprint density at radius 1 is 1.53 bits per heavy atom. The standard InChI is InChI=1S/C10H12Cl2N2O/c1-7-8(12)5-13-6-9(7)14-10(15)3-2-4-11/h5-6H,2-4H2,1H3,(H,14,15). The Kier molecular flexibility index (Phi) is 4.85. The number of alkyl halides is 1. The zero-order valence-corrected chi connectivity index (χ0v) is 9.90. The molecule has 0 aliphatic carbocycles. The number of aromatic nitrogens is 1. The zero-order chi connectivity index (χ0) is 11.3. The van der Waals surface area contributed by atoms with Crippen molar-refractivity contribution in [1.82, 2.24) is 4.98 Å². The second-order valence-electron chi connectivity index (χ2n) is 3.13. The Morgan fingerprint density at radius 2 is 2.27 bits per heavy atom. The first-order chi connectivity index (χ1) is 7.15. The molecule has 0 saturated carbocycles. The van der Waals surface area contributed by atoms with E-state index in [4.69, 9.17) is 23.2 Å². The summed E-state index contributed by atoms with van der Waals surface area (Å²) in [6, 6.07) is 0. The lowest BCUT2D eigenvalue weighted by Gasteiger charge is -2.08. The third-order valence-electron chi connectivity index (χ3n) is 1.97. The van der Waals surface area contributed by atoms with E-state index in [2.05, 4.69) is 10.3 Å². The molecular formula is C10H12Cl2N2O. The summed E-state index contributed by atoms with van der Waals surface area (Å²) in [7, 11) is 0. The summed E-state index contributed by atoms with van der Waals surface area (Å²) in [5.74, 6) is 0.419. The van der Waals surface area contributed by atoms with Gasteiger partial charge in [0.05, 0.1) is 16.9 Å². The molecule has 1 N–H and O–H groups in total. The van der Waals surface area contributed by atoms with E-state index in [1.165, 1.54) is 0 Å². The van der Waals surface area contributed by atoms with E-state index in [0.717, 1.165) is 5.56 Å². The third-order valence-corrected chi connectivity index (χ3v) is 2.61. The maximum atomic E-state index is 11.4. The van der Waals surface area contributed by atoms with E-state index in [1.54, 1.807) is 12.4 Å². The average molecular weight is 247 g/mol. The number of hydrogen-bond acceptors (Lipinski definition) is 2. The van der Waals surface area contributed by atoms with Crippen molar-refractivity contribution in [2.45, 2.75) is 19.8 Å². The van der Waals surface area contributed by atoms with Crippen LogP contribution in [0.3, 0.4) is 0 Å². The molecule has 0 aliphatic heterocycles. The highest BCUT2D eigenvalue weighted by Crippen LogP contribution is 2.21. The van der Waals surface area contributed by atoms with Gasteiger partial charge in [0.25, 0.3) is 0 Å². The fourth-order valence-electron chi connectivity index (χ4n) is 1.07.